The molecule has 21 heavy (non-hydrogen) atoms. The lowest BCUT2D eigenvalue weighted by atomic mass is 10.0. The van der Waals surface area contributed by atoms with E-state index in [2.05, 4.69) is 17.3 Å². The Bertz CT molecular complexity index is 647. The van der Waals surface area contributed by atoms with Crippen LogP contribution < -0.4 is 5.32 Å². The fourth-order valence-corrected chi connectivity index (χ4v) is 2.46. The summed E-state index contributed by atoms with van der Waals surface area (Å²) in [6, 6.07) is 7.64. The van der Waals surface area contributed by atoms with Crippen LogP contribution in [0.15, 0.2) is 24.3 Å². The maximum atomic E-state index is 10.9. The smallest absolute Gasteiger partial charge is 0.307 e. The molecule has 0 saturated heterocycles. The number of aryl methyl sites for hydroxylation is 2. The lowest BCUT2D eigenvalue weighted by Gasteiger charge is -2.09. The third-order valence-corrected chi connectivity index (χ3v) is 3.74. The highest BCUT2D eigenvalue weighted by Crippen LogP contribution is 2.13. The van der Waals surface area contributed by atoms with Crippen molar-refractivity contribution in [1.29, 1.82) is 0 Å². The van der Waals surface area contributed by atoms with Crippen molar-refractivity contribution in [3.8, 4) is 0 Å². The Morgan fingerprint density at radius 3 is 2.48 bits per heavy atom. The van der Waals surface area contributed by atoms with Gasteiger partial charge in [-0.15, -0.1) is 0 Å². The molecule has 2 rings (SSSR count). The summed E-state index contributed by atoms with van der Waals surface area (Å²) in [7, 11) is 1.94. The predicted molar refractivity (Wildman–Crippen MR) is 81.0 cm³/mol. The standard InChI is InChI=1S/C16H21N3O2/c1-11-15(12(2)19(3)18-11)10-17-9-14-7-5-4-6-13(14)8-16(20)21/h4-7,17H,8-10H2,1-3H3,(H,20,21). The fraction of sp³-hybridized carbons (Fsp3) is 0.375. The first kappa shape index (κ1) is 15.3. The maximum absolute atomic E-state index is 10.9. The Hall–Kier alpha value is -2.14. The lowest BCUT2D eigenvalue weighted by Crippen LogP contribution is -2.16. The molecule has 5 nitrogen and oxygen atoms in total. The molecule has 0 unspecified atom stereocenters. The van der Waals surface area contributed by atoms with Crippen molar-refractivity contribution in [2.24, 2.45) is 7.05 Å². The second kappa shape index (κ2) is 6.54. The number of nitrogens with one attached hydrogen (secondary N) is 1. The molecule has 0 aliphatic heterocycles. The van der Waals surface area contributed by atoms with E-state index in [1.165, 1.54) is 5.56 Å². The molecule has 0 amide bonds. The van der Waals surface area contributed by atoms with E-state index in [1.807, 2.05) is 42.9 Å². The lowest BCUT2D eigenvalue weighted by molar-refractivity contribution is -0.136. The average molecular weight is 287 g/mol. The van der Waals surface area contributed by atoms with E-state index >= 15 is 0 Å². The second-order valence-corrected chi connectivity index (χ2v) is 5.22. The van der Waals surface area contributed by atoms with Gasteiger partial charge in [-0.05, 0) is 25.0 Å². The first-order chi connectivity index (χ1) is 9.99. The molecule has 1 heterocycles. The molecule has 0 bridgehead atoms. The van der Waals surface area contributed by atoms with E-state index < -0.39 is 5.97 Å². The van der Waals surface area contributed by atoms with Crippen LogP contribution in [0.1, 0.15) is 28.1 Å². The molecule has 0 saturated carbocycles. The summed E-state index contributed by atoms with van der Waals surface area (Å²) in [5.74, 6) is -0.804. The monoisotopic (exact) mass is 287 g/mol. The molecule has 0 fully saturated rings. The Kier molecular flexibility index (Phi) is 4.75. The first-order valence-electron chi connectivity index (χ1n) is 6.97. The van der Waals surface area contributed by atoms with Crippen molar-refractivity contribution < 1.29 is 9.90 Å². The number of aliphatic carboxylic acids is 1. The minimum Gasteiger partial charge on any atom is -0.481 e. The zero-order chi connectivity index (χ0) is 15.4. The summed E-state index contributed by atoms with van der Waals surface area (Å²) in [6.45, 7) is 5.43. The number of carbonyl (C=O) groups is 1. The van der Waals surface area contributed by atoms with Gasteiger partial charge < -0.3 is 10.4 Å². The number of hydrogen-bond donors (Lipinski definition) is 2. The Labute approximate surface area is 124 Å². The van der Waals surface area contributed by atoms with Gasteiger partial charge in [0, 0.05) is 31.4 Å². The van der Waals surface area contributed by atoms with E-state index in [4.69, 9.17) is 5.11 Å². The van der Waals surface area contributed by atoms with E-state index in [0.717, 1.165) is 29.1 Å². The molecule has 0 spiro atoms. The first-order valence-corrected chi connectivity index (χ1v) is 6.97. The summed E-state index contributed by atoms with van der Waals surface area (Å²) in [5, 5.41) is 16.7. The van der Waals surface area contributed by atoms with Crippen LogP contribution in [0.2, 0.25) is 0 Å². The number of nitrogens with zero attached hydrogens (tertiary/aromatic N) is 2. The molecule has 2 N–H and O–H groups in total. The summed E-state index contributed by atoms with van der Waals surface area (Å²) in [6.07, 6.45) is 0.0583. The molecule has 0 radical (unpaired) electrons. The summed E-state index contributed by atoms with van der Waals surface area (Å²) in [4.78, 5) is 10.9. The molecule has 5 heteroatoms. The molecular weight excluding hydrogens is 266 g/mol. The summed E-state index contributed by atoms with van der Waals surface area (Å²) in [5.41, 5.74) is 5.27. The van der Waals surface area contributed by atoms with E-state index in [1.54, 1.807) is 0 Å². The van der Waals surface area contributed by atoms with Crippen LogP contribution in [0.25, 0.3) is 0 Å². The Morgan fingerprint density at radius 1 is 1.24 bits per heavy atom. The minimum absolute atomic E-state index is 0.0583. The largest absolute Gasteiger partial charge is 0.481 e. The average Bonchev–Trinajstić information content (AvgIpc) is 2.66. The number of aromatic nitrogens is 2. The molecule has 1 aromatic heterocycles. The number of hydrogen-bond acceptors (Lipinski definition) is 3. The number of benzene rings is 1. The normalized spacial score (nSPS) is 10.8. The van der Waals surface area contributed by atoms with Crippen molar-refractivity contribution in [3.63, 3.8) is 0 Å². The quantitative estimate of drug-likeness (QED) is 0.852. The van der Waals surface area contributed by atoms with Crippen molar-refractivity contribution in [3.05, 3.63) is 52.3 Å². The van der Waals surface area contributed by atoms with Gasteiger partial charge in [0.1, 0.15) is 0 Å². The van der Waals surface area contributed by atoms with Crippen molar-refractivity contribution in [1.82, 2.24) is 15.1 Å². The van der Waals surface area contributed by atoms with Crippen LogP contribution in [-0.2, 0) is 31.4 Å². The maximum Gasteiger partial charge on any atom is 0.307 e. The summed E-state index contributed by atoms with van der Waals surface area (Å²) >= 11 is 0. The third-order valence-electron chi connectivity index (χ3n) is 3.74. The molecular formula is C16H21N3O2. The van der Waals surface area contributed by atoms with Gasteiger partial charge in [0.15, 0.2) is 0 Å². The van der Waals surface area contributed by atoms with E-state index in [9.17, 15) is 4.79 Å². The molecule has 0 atom stereocenters. The van der Waals surface area contributed by atoms with Crippen molar-refractivity contribution in [2.75, 3.05) is 0 Å². The number of carboxylic acid groups (broad SMARTS) is 1. The highest BCUT2D eigenvalue weighted by molar-refractivity contribution is 5.70. The molecule has 1 aromatic carbocycles. The SMILES string of the molecule is Cc1nn(C)c(C)c1CNCc1ccccc1CC(=O)O. The zero-order valence-corrected chi connectivity index (χ0v) is 12.7. The van der Waals surface area contributed by atoms with Crippen molar-refractivity contribution in [2.45, 2.75) is 33.4 Å². The Balaban J connectivity index is 2.02. The van der Waals surface area contributed by atoms with Gasteiger partial charge in [-0.2, -0.15) is 5.10 Å². The van der Waals surface area contributed by atoms with E-state index in [0.29, 0.717) is 6.54 Å². The van der Waals surface area contributed by atoms with Crippen molar-refractivity contribution >= 4 is 5.97 Å². The van der Waals surface area contributed by atoms with Gasteiger partial charge >= 0.3 is 5.97 Å². The molecule has 2 aromatic rings. The van der Waals surface area contributed by atoms with E-state index in [-0.39, 0.29) is 6.42 Å². The molecule has 0 aliphatic rings. The number of carboxylic acids is 1. The van der Waals surface area contributed by atoms with Crippen LogP contribution in [0.3, 0.4) is 0 Å². The fourth-order valence-electron chi connectivity index (χ4n) is 2.46. The Morgan fingerprint density at radius 2 is 1.90 bits per heavy atom. The second-order valence-electron chi connectivity index (χ2n) is 5.22. The van der Waals surface area contributed by atoms with Gasteiger partial charge in [-0.3, -0.25) is 9.48 Å². The van der Waals surface area contributed by atoms with Crippen LogP contribution >= 0.6 is 0 Å². The van der Waals surface area contributed by atoms with Gasteiger partial charge in [0.25, 0.3) is 0 Å². The highest BCUT2D eigenvalue weighted by Gasteiger charge is 2.10. The van der Waals surface area contributed by atoms with Gasteiger partial charge in [0.2, 0.25) is 0 Å². The third kappa shape index (κ3) is 3.70. The topological polar surface area (TPSA) is 67.2 Å². The zero-order valence-electron chi connectivity index (χ0n) is 12.7. The minimum atomic E-state index is -0.804. The van der Waals surface area contributed by atoms with Crippen LogP contribution in [0.4, 0.5) is 0 Å². The highest BCUT2D eigenvalue weighted by atomic mass is 16.4. The molecule has 0 aliphatic carbocycles. The molecule has 112 valence electrons. The van der Waals surface area contributed by atoms with Crippen LogP contribution in [0.5, 0.6) is 0 Å². The predicted octanol–water partition coefficient (Wildman–Crippen LogP) is 1.95. The van der Waals surface area contributed by atoms with Gasteiger partial charge in [-0.25, -0.2) is 0 Å². The summed E-state index contributed by atoms with van der Waals surface area (Å²) < 4.78 is 1.88. The number of rotatable bonds is 6. The van der Waals surface area contributed by atoms with Gasteiger partial charge in [-0.1, -0.05) is 24.3 Å². The van der Waals surface area contributed by atoms with Gasteiger partial charge in [0.05, 0.1) is 12.1 Å². The van der Waals surface area contributed by atoms with Crippen LogP contribution in [-0.4, -0.2) is 20.9 Å². The van der Waals surface area contributed by atoms with Crippen LogP contribution in [0, 0.1) is 13.8 Å².